The lowest BCUT2D eigenvalue weighted by molar-refractivity contribution is 0.0920. The van der Waals surface area contributed by atoms with Crippen LogP contribution in [0.15, 0.2) is 209 Å². The maximum absolute atomic E-state index is 10.3. The lowest BCUT2D eigenvalue weighted by Gasteiger charge is -1.82. The van der Waals surface area contributed by atoms with Crippen LogP contribution in [-0.4, -0.2) is 86.1 Å². The minimum absolute atomic E-state index is 0.389. The summed E-state index contributed by atoms with van der Waals surface area (Å²) in [6.07, 6.45) is 47.1. The molecule has 0 amide bonds. The Morgan fingerprint density at radius 2 is 1.05 bits per heavy atom. The molecule has 5 N–H and O–H groups in total. The number of aromatic amines is 5. The summed E-state index contributed by atoms with van der Waals surface area (Å²) in [6, 6.07) is 5.72. The number of imidazole rings is 1. The number of hydrogen-bond donors (Lipinski definition) is 5. The molecular weight excluding hydrogens is 1160 g/mol. The second-order valence-electron chi connectivity index (χ2n) is 10.3. The van der Waals surface area contributed by atoms with Crippen molar-refractivity contribution in [2.45, 2.75) is 192 Å². The van der Waals surface area contributed by atoms with Crippen molar-refractivity contribution in [3.05, 3.63) is 205 Å². The van der Waals surface area contributed by atoms with E-state index in [1.165, 1.54) is 80.8 Å². The van der Waals surface area contributed by atoms with Gasteiger partial charge in [-0.25, -0.2) is 23.2 Å². The monoisotopic (exact) mass is 1280 g/mol. The first-order valence-electron chi connectivity index (χ1n) is 30.2. The minimum Gasteiger partial charge on any atom is -0.501 e. The van der Waals surface area contributed by atoms with E-state index in [4.69, 9.17) is 4.74 Å². The quantitative estimate of drug-likeness (QED) is 0.0882. The van der Waals surface area contributed by atoms with Crippen LogP contribution >= 0.6 is 23.1 Å². The average Bonchev–Trinajstić information content (AvgIpc) is 4.44. The molecule has 0 fully saturated rings. The van der Waals surface area contributed by atoms with Crippen LogP contribution in [0.1, 0.15) is 192 Å². The van der Waals surface area contributed by atoms with Crippen LogP contribution in [0.2, 0.25) is 0 Å². The van der Waals surface area contributed by atoms with Crippen LogP contribution in [0, 0.1) is 0 Å². The Balaban J connectivity index is -0.0000000684. The van der Waals surface area contributed by atoms with Gasteiger partial charge in [0.25, 0.3) is 0 Å². The molecule has 87 heavy (non-hydrogen) atoms. The third-order valence-electron chi connectivity index (χ3n) is 5.60. The molecule has 12 rings (SSSR count). The van der Waals surface area contributed by atoms with E-state index in [0.717, 1.165) is 23.8 Å². The van der Waals surface area contributed by atoms with Gasteiger partial charge in [0.15, 0.2) is 16.2 Å². The fourth-order valence-corrected chi connectivity index (χ4v) is 4.41. The summed E-state index contributed by atoms with van der Waals surface area (Å²) in [5.41, 5.74) is 1.79. The van der Waals surface area contributed by atoms with Crippen molar-refractivity contribution >= 4 is 32.9 Å². The van der Waals surface area contributed by atoms with Crippen LogP contribution in [0.3, 0.4) is 0 Å². The molecule has 504 valence electrons. The zero-order chi connectivity index (χ0) is 69.1. The second kappa shape index (κ2) is 133. The van der Waals surface area contributed by atoms with Crippen molar-refractivity contribution < 1.29 is 31.5 Å². The molecule has 3 aliphatic heterocycles. The SMILES string of the molecule is C1=CCCC1.C1=COCC1.C1=COCO1.CC.CC.CC.CC.CC.CC.CC.CC.CC.CC.CC.CC.O=S1(=O)C=CC=C1.O=c1[nH]cco1.c1c[nH]cn1.c1cc[nH]c1.c1cn[nH]c1.c1cn[nH]n1.c1cnsn1.c1cocn1.c1cscn1. The van der Waals surface area contributed by atoms with Crippen molar-refractivity contribution in [3.8, 4) is 0 Å². The zero-order valence-electron chi connectivity index (χ0n) is 57.8. The van der Waals surface area contributed by atoms with E-state index < -0.39 is 15.6 Å². The predicted molar refractivity (Wildman–Crippen MR) is 374 cm³/mol. The normalized spacial score (nSPS) is 9.84. The standard InChI is InChI=1S/C5H8.C4H5N.C4H4O2S.C4H6O.2C3H4N2.C3H3NO2.C3H3NO.C3H3NS.C3H4O2.C2H3N3.C2H2N2S.12C2H6/c2*1-2-4-5-3-1;5-7(6)3-1-2-4-7;1-2-4-5-3-1;1-2-5-3-4-1;1-2-4-5-3-1;5-3-4-1-2-6-3;3*1-2-5-3-4-1;2*1-2-4-5-3-1;12*1-2/h1-2H,3-5H2;1-5H;1-4H;1,3H,2,4H2;2*1-3H,(H,4,5);1-2H,(H,4,5);2*1-3H;1-2H,3H2;1-2H,(H,3,4,5);1-2H;12*1-2H3. The van der Waals surface area contributed by atoms with Gasteiger partial charge in [-0.3, -0.25) is 15.1 Å². The molecule has 0 atom stereocenters. The third-order valence-corrected chi connectivity index (χ3v) is 7.62. The Labute approximate surface area is 536 Å². The number of nitrogens with zero attached hydrogens (tertiary/aromatic N) is 8. The molecule has 1 aliphatic carbocycles. The van der Waals surface area contributed by atoms with Crippen molar-refractivity contribution in [2.75, 3.05) is 13.4 Å². The fourth-order valence-electron chi connectivity index (χ4n) is 3.08. The number of rotatable bonds is 0. The molecule has 0 unspecified atom stereocenters. The molecule has 0 aromatic carbocycles. The van der Waals surface area contributed by atoms with Gasteiger partial charge in [0.2, 0.25) is 6.79 Å². The van der Waals surface area contributed by atoms with E-state index in [-0.39, 0.29) is 0 Å². The Bertz CT molecular complexity index is 1770. The molecule has 21 nitrogen and oxygen atoms in total. The zero-order valence-corrected chi connectivity index (χ0v) is 60.2. The van der Waals surface area contributed by atoms with Gasteiger partial charge in [-0.15, -0.1) is 11.3 Å². The maximum atomic E-state index is 10.3. The summed E-state index contributed by atoms with van der Waals surface area (Å²) in [7, 11) is -2.91. The van der Waals surface area contributed by atoms with Gasteiger partial charge in [0.05, 0.1) is 67.4 Å². The summed E-state index contributed by atoms with van der Waals surface area (Å²) < 4.78 is 50.4. The number of hydrogen-bond acceptors (Lipinski definition) is 18. The highest BCUT2D eigenvalue weighted by molar-refractivity contribution is 7.97. The van der Waals surface area contributed by atoms with Gasteiger partial charge in [0.1, 0.15) is 25.1 Å². The molecular formula is C63H121N13O8S3. The van der Waals surface area contributed by atoms with Gasteiger partial charge >= 0.3 is 5.76 Å². The molecule has 0 saturated heterocycles. The molecule has 8 aromatic heterocycles. The van der Waals surface area contributed by atoms with Crippen LogP contribution in [-0.2, 0) is 24.0 Å². The number of thiazole rings is 1. The van der Waals surface area contributed by atoms with E-state index >= 15 is 0 Å². The van der Waals surface area contributed by atoms with Crippen LogP contribution in [0.25, 0.3) is 0 Å². The summed E-state index contributed by atoms with van der Waals surface area (Å²) >= 11 is 2.81. The Morgan fingerprint density at radius 3 is 1.18 bits per heavy atom. The number of oxazole rings is 2. The summed E-state index contributed by atoms with van der Waals surface area (Å²) in [5.74, 6) is -0.407. The van der Waals surface area contributed by atoms with Gasteiger partial charge in [-0.2, -0.15) is 29.3 Å². The van der Waals surface area contributed by atoms with E-state index in [2.05, 4.69) is 94.7 Å². The summed E-state index contributed by atoms with van der Waals surface area (Å²) in [4.78, 5) is 28.7. The number of H-pyrrole nitrogens is 5. The second-order valence-corrected chi connectivity index (χ2v) is 13.3. The molecule has 0 saturated carbocycles. The molecule has 24 heteroatoms. The highest BCUT2D eigenvalue weighted by Crippen LogP contribution is 2.05. The highest BCUT2D eigenvalue weighted by atomic mass is 32.2. The molecule has 4 aliphatic rings. The van der Waals surface area contributed by atoms with Crippen molar-refractivity contribution in [3.63, 3.8) is 0 Å². The average molecular weight is 1280 g/mol. The maximum Gasteiger partial charge on any atom is 0.416 e. The van der Waals surface area contributed by atoms with E-state index in [9.17, 15) is 13.2 Å². The highest BCUT2D eigenvalue weighted by Gasteiger charge is 2.00. The first-order chi connectivity index (χ1) is 43.1. The van der Waals surface area contributed by atoms with Crippen LogP contribution in [0.4, 0.5) is 0 Å². The number of nitrogens with one attached hydrogen (secondary N) is 5. The van der Waals surface area contributed by atoms with Crippen LogP contribution in [0.5, 0.6) is 0 Å². The minimum atomic E-state index is -2.91. The summed E-state index contributed by atoms with van der Waals surface area (Å²) in [6.45, 7) is 49.3. The smallest absolute Gasteiger partial charge is 0.416 e. The van der Waals surface area contributed by atoms with Gasteiger partial charge in [-0.05, 0) is 55.7 Å². The number of allylic oxidation sites excluding steroid dienone is 4. The lowest BCUT2D eigenvalue weighted by atomic mass is 10.4. The number of aromatic nitrogens is 13. The first-order valence-corrected chi connectivity index (χ1v) is 33.5. The largest absolute Gasteiger partial charge is 0.501 e. The predicted octanol–water partition coefficient (Wildman–Crippen LogP) is 19.8. The van der Waals surface area contributed by atoms with Gasteiger partial charge in [0, 0.05) is 72.2 Å². The van der Waals surface area contributed by atoms with Crippen LogP contribution < -0.4 is 5.76 Å². The topological polar surface area (TPSA) is 287 Å². The van der Waals surface area contributed by atoms with Gasteiger partial charge in [-0.1, -0.05) is 178 Å². The first kappa shape index (κ1) is 107. The molecule has 8 aromatic rings. The Hall–Kier alpha value is -7.70. The van der Waals surface area contributed by atoms with E-state index in [1.807, 2.05) is 208 Å². The molecule has 11 heterocycles. The molecule has 0 bridgehead atoms. The fraction of sp³-hybridized carbons (Fsp3) is 0.476. The molecule has 0 radical (unpaired) electrons. The lowest BCUT2D eigenvalue weighted by Crippen LogP contribution is -1.91. The molecule has 0 spiro atoms. The van der Waals surface area contributed by atoms with Crippen molar-refractivity contribution in [2.24, 2.45) is 0 Å². The number of sulfone groups is 1. The van der Waals surface area contributed by atoms with Gasteiger partial charge < -0.3 is 33.0 Å². The van der Waals surface area contributed by atoms with E-state index in [0.29, 0.717) is 6.79 Å². The number of ether oxygens (including phenoxy) is 3. The Morgan fingerprint density at radius 1 is 0.494 bits per heavy atom. The van der Waals surface area contributed by atoms with Crippen molar-refractivity contribution in [1.82, 2.24) is 64.3 Å². The third kappa shape index (κ3) is 134. The van der Waals surface area contributed by atoms with E-state index in [1.54, 1.807) is 91.4 Å². The summed E-state index contributed by atoms with van der Waals surface area (Å²) in [5, 5.41) is 19.8. The Kier molecular flexibility index (Phi) is 164. The van der Waals surface area contributed by atoms with Crippen molar-refractivity contribution in [1.29, 1.82) is 0 Å².